The molecule has 1 aliphatic rings. The number of nitrogens with zero attached hydrogens (tertiary/aromatic N) is 1. The smallest absolute Gasteiger partial charge is 0.335 e. The van der Waals surface area contributed by atoms with E-state index in [9.17, 15) is 33.5 Å². The zero-order chi connectivity index (χ0) is 31.0. The topological polar surface area (TPSA) is 179 Å². The number of fused-ring (bicyclic) bond motifs is 1. The van der Waals surface area contributed by atoms with Crippen molar-refractivity contribution in [2.45, 2.75) is 43.8 Å². The Morgan fingerprint density at radius 3 is 2.33 bits per heavy atom. The minimum absolute atomic E-state index is 0.112. The predicted molar refractivity (Wildman–Crippen MR) is 165 cm³/mol. The predicted octanol–water partition coefficient (Wildman–Crippen LogP) is 2.40. The first kappa shape index (κ1) is 32.2. The summed E-state index contributed by atoms with van der Waals surface area (Å²) in [5.74, 6) is -2.43. The number of thioether (sulfide) groups is 1. The van der Waals surface area contributed by atoms with Crippen LogP contribution in [0.1, 0.15) is 35.2 Å². The third-order valence-electron chi connectivity index (χ3n) is 7.19. The molecule has 13 heteroatoms. The molecule has 4 rings (SSSR count). The van der Waals surface area contributed by atoms with E-state index in [1.54, 1.807) is 30.3 Å². The second-order valence-electron chi connectivity index (χ2n) is 10.4. The number of rotatable bonds is 12. The number of carbonyl (C=O) groups is 4. The molecular formula is C30H35N4O7PS. The van der Waals surface area contributed by atoms with E-state index in [1.165, 1.54) is 4.90 Å². The zero-order valence-electron chi connectivity index (χ0n) is 23.4. The van der Waals surface area contributed by atoms with Gasteiger partial charge in [0.05, 0.1) is 5.49 Å². The van der Waals surface area contributed by atoms with Crippen molar-refractivity contribution in [1.29, 1.82) is 0 Å². The van der Waals surface area contributed by atoms with Crippen LogP contribution < -0.4 is 16.4 Å². The number of nitrogens with two attached hydrogens (primary N) is 1. The summed E-state index contributed by atoms with van der Waals surface area (Å²) in [5, 5.41) is 7.43. The molecule has 3 aromatic rings. The average Bonchev–Trinajstić information content (AvgIpc) is 2.99. The van der Waals surface area contributed by atoms with Crippen LogP contribution in [0, 0.1) is 0 Å². The molecule has 6 N–H and O–H groups in total. The Balaban J connectivity index is 1.49. The standard InChI is InChI=1S/C30H35N4O7PS/c31-27(35)24(17-20-13-14-21-8-4-5-11-23(21)16-20)32-29(37)26-12-6-7-15-34(26)30(38)25(18-43-19-42(39,40)41)33-28(36)22-9-2-1-3-10-22/h1-5,8-11,13-14,16,24-26H,6-7,12,15,17-19H2,(H2,31,35)(H,32,37)(H,33,36)(H2,39,40,41). The van der Waals surface area contributed by atoms with E-state index in [1.807, 2.05) is 42.5 Å². The molecular weight excluding hydrogens is 591 g/mol. The number of likely N-dealkylation sites (tertiary alicyclic amines) is 1. The second kappa shape index (κ2) is 14.7. The SMILES string of the molecule is NC(=O)C(Cc1ccc2ccccc2c1)NC(=O)C1CCCCN1C(=O)C(CSCP(=O)(O)O)NC(=O)c1ccccc1. The van der Waals surface area contributed by atoms with Crippen LogP contribution in [0.2, 0.25) is 0 Å². The van der Waals surface area contributed by atoms with Gasteiger partial charge in [-0.2, -0.15) is 0 Å². The van der Waals surface area contributed by atoms with Crippen LogP contribution in [0.3, 0.4) is 0 Å². The first-order valence-electron chi connectivity index (χ1n) is 13.9. The fourth-order valence-corrected chi connectivity index (χ4v) is 6.89. The maximum atomic E-state index is 13.8. The van der Waals surface area contributed by atoms with Gasteiger partial charge in [-0.3, -0.25) is 23.7 Å². The number of carbonyl (C=O) groups excluding carboxylic acids is 4. The van der Waals surface area contributed by atoms with Crippen LogP contribution in [-0.2, 0) is 25.4 Å². The van der Waals surface area contributed by atoms with Gasteiger partial charge in [-0.25, -0.2) is 0 Å². The number of nitrogens with one attached hydrogen (secondary N) is 2. The highest BCUT2D eigenvalue weighted by Gasteiger charge is 2.37. The molecule has 3 unspecified atom stereocenters. The quantitative estimate of drug-likeness (QED) is 0.190. The van der Waals surface area contributed by atoms with Crippen LogP contribution in [0.4, 0.5) is 0 Å². The lowest BCUT2D eigenvalue weighted by Gasteiger charge is -2.37. The molecule has 0 aromatic heterocycles. The van der Waals surface area contributed by atoms with Gasteiger partial charge in [-0.1, -0.05) is 60.7 Å². The van der Waals surface area contributed by atoms with Gasteiger partial charge in [0.2, 0.25) is 17.7 Å². The van der Waals surface area contributed by atoms with Crippen LogP contribution in [0.15, 0.2) is 72.8 Å². The molecule has 1 aliphatic heterocycles. The van der Waals surface area contributed by atoms with E-state index in [2.05, 4.69) is 10.6 Å². The Bertz CT molecular complexity index is 1520. The number of piperidine rings is 1. The highest BCUT2D eigenvalue weighted by atomic mass is 32.2. The molecule has 0 radical (unpaired) electrons. The third kappa shape index (κ3) is 9.14. The summed E-state index contributed by atoms with van der Waals surface area (Å²) in [6.45, 7) is 0.240. The van der Waals surface area contributed by atoms with Gasteiger partial charge in [0.15, 0.2) is 0 Å². The van der Waals surface area contributed by atoms with Crippen molar-refractivity contribution in [3.05, 3.63) is 83.9 Å². The molecule has 3 aromatic carbocycles. The number of benzene rings is 3. The van der Waals surface area contributed by atoms with Gasteiger partial charge in [0, 0.05) is 24.3 Å². The van der Waals surface area contributed by atoms with Crippen molar-refractivity contribution in [1.82, 2.24) is 15.5 Å². The maximum Gasteiger partial charge on any atom is 0.335 e. The zero-order valence-corrected chi connectivity index (χ0v) is 25.1. The van der Waals surface area contributed by atoms with E-state index in [0.29, 0.717) is 24.8 Å². The molecule has 4 amide bonds. The number of hydrogen-bond donors (Lipinski definition) is 5. The summed E-state index contributed by atoms with van der Waals surface area (Å²) in [4.78, 5) is 72.6. The highest BCUT2D eigenvalue weighted by Crippen LogP contribution is 2.38. The summed E-state index contributed by atoms with van der Waals surface area (Å²) in [5.41, 5.74) is 6.26. The van der Waals surface area contributed by atoms with Gasteiger partial charge >= 0.3 is 7.60 Å². The molecule has 0 bridgehead atoms. The first-order valence-corrected chi connectivity index (χ1v) is 16.8. The van der Waals surface area contributed by atoms with Crippen molar-refractivity contribution in [2.24, 2.45) is 5.73 Å². The lowest BCUT2D eigenvalue weighted by molar-refractivity contribution is -0.144. The van der Waals surface area contributed by atoms with Gasteiger partial charge < -0.3 is 31.1 Å². The summed E-state index contributed by atoms with van der Waals surface area (Å²) >= 11 is 0.837. The molecule has 3 atom stereocenters. The van der Waals surface area contributed by atoms with Gasteiger partial charge in [-0.15, -0.1) is 11.8 Å². The van der Waals surface area contributed by atoms with Gasteiger partial charge in [0.25, 0.3) is 5.91 Å². The summed E-state index contributed by atoms with van der Waals surface area (Å²) in [7, 11) is -4.36. The van der Waals surface area contributed by atoms with Crippen molar-refractivity contribution >= 4 is 53.8 Å². The third-order valence-corrected chi connectivity index (χ3v) is 9.83. The fourth-order valence-electron chi connectivity index (χ4n) is 5.06. The van der Waals surface area contributed by atoms with Crippen molar-refractivity contribution in [3.8, 4) is 0 Å². The van der Waals surface area contributed by atoms with Crippen molar-refractivity contribution in [3.63, 3.8) is 0 Å². The minimum Gasteiger partial charge on any atom is -0.368 e. The average molecular weight is 627 g/mol. The Labute approximate surface area is 253 Å². The first-order chi connectivity index (χ1) is 20.5. The monoisotopic (exact) mass is 626 g/mol. The largest absolute Gasteiger partial charge is 0.368 e. The number of hydrogen-bond acceptors (Lipinski definition) is 6. The number of amides is 4. The van der Waals surface area contributed by atoms with E-state index in [4.69, 9.17) is 5.73 Å². The van der Waals surface area contributed by atoms with Crippen molar-refractivity contribution in [2.75, 3.05) is 17.8 Å². The van der Waals surface area contributed by atoms with Crippen LogP contribution >= 0.6 is 19.4 Å². The Morgan fingerprint density at radius 2 is 1.63 bits per heavy atom. The van der Waals surface area contributed by atoms with E-state index in [-0.39, 0.29) is 18.7 Å². The molecule has 0 saturated carbocycles. The van der Waals surface area contributed by atoms with Crippen LogP contribution in [0.5, 0.6) is 0 Å². The maximum absolute atomic E-state index is 13.8. The molecule has 0 spiro atoms. The van der Waals surface area contributed by atoms with E-state index >= 15 is 0 Å². The Morgan fingerprint density at radius 1 is 0.930 bits per heavy atom. The summed E-state index contributed by atoms with van der Waals surface area (Å²) < 4.78 is 11.4. The highest BCUT2D eigenvalue weighted by molar-refractivity contribution is 8.04. The van der Waals surface area contributed by atoms with Gasteiger partial charge in [-0.05, 0) is 47.7 Å². The molecule has 1 fully saturated rings. The van der Waals surface area contributed by atoms with Crippen molar-refractivity contribution < 1.29 is 33.5 Å². The molecule has 1 saturated heterocycles. The lowest BCUT2D eigenvalue weighted by Crippen LogP contribution is -2.60. The molecule has 0 aliphatic carbocycles. The summed E-state index contributed by atoms with van der Waals surface area (Å²) in [6.07, 6.45) is 1.80. The number of primary amides is 1. The fraction of sp³-hybridized carbons (Fsp3) is 0.333. The molecule has 43 heavy (non-hydrogen) atoms. The lowest BCUT2D eigenvalue weighted by atomic mass is 9.98. The Kier molecular flexibility index (Phi) is 11.0. The van der Waals surface area contributed by atoms with E-state index in [0.717, 1.165) is 28.1 Å². The minimum atomic E-state index is -4.36. The van der Waals surface area contributed by atoms with Gasteiger partial charge in [0.1, 0.15) is 18.1 Å². The van der Waals surface area contributed by atoms with E-state index < -0.39 is 54.8 Å². The summed E-state index contributed by atoms with van der Waals surface area (Å²) in [6, 6.07) is 18.7. The molecule has 11 nitrogen and oxygen atoms in total. The Hall–Kier alpha value is -3.70. The van der Waals surface area contributed by atoms with Crippen LogP contribution in [-0.4, -0.2) is 74.2 Å². The molecule has 1 heterocycles. The van der Waals surface area contributed by atoms with Crippen LogP contribution in [0.25, 0.3) is 10.8 Å². The normalized spacial score (nSPS) is 16.7. The second-order valence-corrected chi connectivity index (χ2v) is 13.6. The molecule has 228 valence electrons.